The molecule has 0 fully saturated rings. The zero-order chi connectivity index (χ0) is 20.2. The number of benzene rings is 2. The number of carbonyl (C=O) groups is 1. The average Bonchev–Trinajstić information content (AvgIpc) is 2.62. The van der Waals surface area contributed by atoms with Crippen LogP contribution in [0, 0.1) is 17.0 Å². The van der Waals surface area contributed by atoms with E-state index in [0.717, 1.165) is 10.4 Å². The first kappa shape index (κ1) is 20.4. The maximum Gasteiger partial charge on any atom is 0.340 e. The number of anilines is 1. The second-order valence-corrected chi connectivity index (χ2v) is 7.45. The molecule has 0 saturated heterocycles. The lowest BCUT2D eigenvalue weighted by molar-refractivity contribution is -0.385. The first-order valence-electron chi connectivity index (χ1n) is 8.28. The molecular weight excluding hydrogens is 372 g/mol. The van der Waals surface area contributed by atoms with Crippen molar-refractivity contribution in [1.29, 1.82) is 0 Å². The van der Waals surface area contributed by atoms with E-state index in [1.165, 1.54) is 24.3 Å². The summed E-state index contributed by atoms with van der Waals surface area (Å²) >= 11 is 0. The van der Waals surface area contributed by atoms with Gasteiger partial charge in [0.25, 0.3) is 15.7 Å². The van der Waals surface area contributed by atoms with Crippen molar-refractivity contribution in [3.05, 3.63) is 63.7 Å². The fraction of sp³-hybridized carbons (Fsp3) is 0.278. The van der Waals surface area contributed by atoms with E-state index in [1.54, 1.807) is 32.9 Å². The van der Waals surface area contributed by atoms with Crippen LogP contribution in [0.25, 0.3) is 0 Å². The van der Waals surface area contributed by atoms with E-state index in [1.807, 2.05) is 0 Å². The van der Waals surface area contributed by atoms with Crippen LogP contribution in [0.5, 0.6) is 0 Å². The summed E-state index contributed by atoms with van der Waals surface area (Å²) in [5.41, 5.74) is 0.304. The number of nitro benzene ring substituents is 1. The fourth-order valence-corrected chi connectivity index (χ4v) is 4.38. The van der Waals surface area contributed by atoms with E-state index in [-0.39, 0.29) is 35.0 Å². The highest BCUT2D eigenvalue weighted by Gasteiger charge is 2.30. The highest BCUT2D eigenvalue weighted by atomic mass is 32.2. The maximum absolute atomic E-state index is 13.2. The Kier molecular flexibility index (Phi) is 6.17. The van der Waals surface area contributed by atoms with Crippen molar-refractivity contribution in [3.63, 3.8) is 0 Å². The number of nitro groups is 1. The normalized spacial score (nSPS) is 11.1. The molecule has 0 aliphatic heterocycles. The summed E-state index contributed by atoms with van der Waals surface area (Å²) in [6.07, 6.45) is 0. The quantitative estimate of drug-likeness (QED) is 0.406. The number of carbonyl (C=O) groups excluding carboxylic acids is 1. The zero-order valence-electron chi connectivity index (χ0n) is 15.2. The molecule has 0 aliphatic carbocycles. The largest absolute Gasteiger partial charge is 0.462 e. The maximum atomic E-state index is 13.2. The van der Waals surface area contributed by atoms with Crippen molar-refractivity contribution in [2.45, 2.75) is 25.7 Å². The van der Waals surface area contributed by atoms with E-state index in [2.05, 4.69) is 0 Å². The number of non-ortho nitro benzene ring substituents is 1. The van der Waals surface area contributed by atoms with Gasteiger partial charge >= 0.3 is 5.97 Å². The van der Waals surface area contributed by atoms with Crippen molar-refractivity contribution in [3.8, 4) is 0 Å². The van der Waals surface area contributed by atoms with Crippen LogP contribution >= 0.6 is 0 Å². The number of sulfonamides is 1. The molecule has 2 rings (SSSR count). The van der Waals surface area contributed by atoms with Crippen molar-refractivity contribution in [2.75, 3.05) is 17.5 Å². The molecule has 0 atom stereocenters. The molecule has 8 nitrogen and oxygen atoms in total. The first-order valence-corrected chi connectivity index (χ1v) is 9.72. The molecule has 0 spiro atoms. The Morgan fingerprint density at radius 1 is 1.19 bits per heavy atom. The van der Waals surface area contributed by atoms with Crippen molar-refractivity contribution >= 4 is 27.4 Å². The fourth-order valence-electron chi connectivity index (χ4n) is 2.64. The molecule has 0 bridgehead atoms. The molecule has 0 amide bonds. The molecule has 27 heavy (non-hydrogen) atoms. The molecule has 0 aliphatic rings. The summed E-state index contributed by atoms with van der Waals surface area (Å²) in [5, 5.41) is 11.1. The van der Waals surface area contributed by atoms with Gasteiger partial charge in [-0.15, -0.1) is 0 Å². The zero-order valence-corrected chi connectivity index (χ0v) is 16.0. The minimum atomic E-state index is -4.14. The summed E-state index contributed by atoms with van der Waals surface area (Å²) in [7, 11) is -4.14. The lowest BCUT2D eigenvalue weighted by Crippen LogP contribution is -2.32. The Balaban J connectivity index is 2.63. The topological polar surface area (TPSA) is 107 Å². The average molecular weight is 392 g/mol. The Labute approximate surface area is 157 Å². The van der Waals surface area contributed by atoms with Gasteiger partial charge in [0.1, 0.15) is 0 Å². The molecule has 0 radical (unpaired) electrons. The van der Waals surface area contributed by atoms with E-state index in [4.69, 9.17) is 4.74 Å². The van der Waals surface area contributed by atoms with Crippen LogP contribution in [0.3, 0.4) is 0 Å². The Morgan fingerprint density at radius 3 is 2.44 bits per heavy atom. The van der Waals surface area contributed by atoms with Crippen LogP contribution in [0.2, 0.25) is 0 Å². The van der Waals surface area contributed by atoms with Gasteiger partial charge in [-0.05, 0) is 38.5 Å². The smallest absolute Gasteiger partial charge is 0.340 e. The van der Waals surface area contributed by atoms with Crippen molar-refractivity contribution in [2.24, 2.45) is 0 Å². The number of esters is 1. The molecule has 0 unspecified atom stereocenters. The lowest BCUT2D eigenvalue weighted by Gasteiger charge is -2.25. The van der Waals surface area contributed by atoms with Crippen LogP contribution in [-0.4, -0.2) is 32.5 Å². The minimum Gasteiger partial charge on any atom is -0.462 e. The molecule has 0 saturated carbocycles. The Hall–Kier alpha value is -2.94. The van der Waals surface area contributed by atoms with Gasteiger partial charge in [-0.25, -0.2) is 13.2 Å². The standard InChI is InChI=1S/C18H20N2O6S/c1-4-19(16-9-7-6-8-15(16)18(21)26-5-2)27(24,25)17-12-14(20(22)23)11-10-13(17)3/h6-12H,4-5H2,1-3H3. The summed E-state index contributed by atoms with van der Waals surface area (Å²) in [6, 6.07) is 9.85. The highest BCUT2D eigenvalue weighted by molar-refractivity contribution is 7.92. The Morgan fingerprint density at radius 2 is 1.85 bits per heavy atom. The van der Waals surface area contributed by atoms with Gasteiger partial charge in [0.05, 0.1) is 27.7 Å². The monoisotopic (exact) mass is 392 g/mol. The van der Waals surface area contributed by atoms with Crippen LogP contribution in [0.15, 0.2) is 47.4 Å². The van der Waals surface area contributed by atoms with Gasteiger partial charge in [0, 0.05) is 18.7 Å². The summed E-state index contributed by atoms with van der Waals surface area (Å²) in [6.45, 7) is 5.01. The van der Waals surface area contributed by atoms with E-state index in [9.17, 15) is 23.3 Å². The second kappa shape index (κ2) is 8.17. The number of rotatable bonds is 7. The van der Waals surface area contributed by atoms with Crippen molar-refractivity contribution in [1.82, 2.24) is 0 Å². The molecular formula is C18H20N2O6S. The third-order valence-corrected chi connectivity index (χ3v) is 5.94. The Bertz CT molecular complexity index is 972. The minimum absolute atomic E-state index is 0.0287. The molecule has 2 aromatic rings. The third-order valence-electron chi connectivity index (χ3n) is 3.91. The summed E-state index contributed by atoms with van der Waals surface area (Å²) in [5.74, 6) is -0.641. The number of hydrogen-bond donors (Lipinski definition) is 0. The van der Waals surface area contributed by atoms with Gasteiger partial charge in [-0.3, -0.25) is 14.4 Å². The lowest BCUT2D eigenvalue weighted by atomic mass is 10.2. The number of nitrogens with zero attached hydrogens (tertiary/aromatic N) is 2. The summed E-state index contributed by atoms with van der Waals surface area (Å²) < 4.78 is 32.5. The third kappa shape index (κ3) is 4.08. The van der Waals surface area contributed by atoms with Gasteiger partial charge < -0.3 is 4.74 Å². The predicted molar refractivity (Wildman–Crippen MR) is 100 cm³/mol. The van der Waals surface area contributed by atoms with Crippen LogP contribution in [0.4, 0.5) is 11.4 Å². The van der Waals surface area contributed by atoms with Gasteiger partial charge in [-0.2, -0.15) is 0 Å². The molecule has 0 aromatic heterocycles. The molecule has 0 heterocycles. The highest BCUT2D eigenvalue weighted by Crippen LogP contribution is 2.30. The number of ether oxygens (including phenoxy) is 1. The van der Waals surface area contributed by atoms with Gasteiger partial charge in [0.15, 0.2) is 0 Å². The number of aryl methyl sites for hydroxylation is 1. The molecule has 144 valence electrons. The van der Waals surface area contributed by atoms with Crippen molar-refractivity contribution < 1.29 is 22.9 Å². The van der Waals surface area contributed by atoms with E-state index >= 15 is 0 Å². The number of hydrogen-bond acceptors (Lipinski definition) is 6. The molecule has 0 N–H and O–H groups in total. The SMILES string of the molecule is CCOC(=O)c1ccccc1N(CC)S(=O)(=O)c1cc([N+](=O)[O-])ccc1C. The first-order chi connectivity index (χ1) is 12.7. The van der Waals surface area contributed by atoms with Gasteiger partial charge in [-0.1, -0.05) is 18.2 Å². The van der Waals surface area contributed by atoms with E-state index in [0.29, 0.717) is 5.56 Å². The molecule has 9 heteroatoms. The van der Waals surface area contributed by atoms with Gasteiger partial charge in [0.2, 0.25) is 0 Å². The number of para-hydroxylation sites is 1. The van der Waals surface area contributed by atoms with Crippen LogP contribution in [-0.2, 0) is 14.8 Å². The second-order valence-electron chi connectivity index (χ2n) is 5.61. The molecule has 2 aromatic carbocycles. The van der Waals surface area contributed by atoms with Crippen LogP contribution in [0.1, 0.15) is 29.8 Å². The predicted octanol–water partition coefficient (Wildman–Crippen LogP) is 3.30. The van der Waals surface area contributed by atoms with E-state index < -0.39 is 20.9 Å². The summed E-state index contributed by atoms with van der Waals surface area (Å²) in [4.78, 5) is 22.4. The van der Waals surface area contributed by atoms with Crippen LogP contribution < -0.4 is 4.31 Å².